The van der Waals surface area contributed by atoms with Crippen LogP contribution in [0.1, 0.15) is 45.1 Å². The predicted octanol–water partition coefficient (Wildman–Crippen LogP) is 4.22. The Balaban J connectivity index is 1.78. The lowest BCUT2D eigenvalue weighted by Gasteiger charge is -2.34. The average molecular weight is 254 g/mol. The second kappa shape index (κ2) is 5.36. The van der Waals surface area contributed by atoms with E-state index >= 15 is 0 Å². The number of aromatic nitrogens is 1. The van der Waals surface area contributed by atoms with E-state index in [0.717, 1.165) is 5.56 Å². The van der Waals surface area contributed by atoms with Crippen LogP contribution in [-0.4, -0.2) is 11.1 Å². The van der Waals surface area contributed by atoms with E-state index in [1.807, 2.05) is 12.1 Å². The Labute approximate surface area is 108 Å². The fourth-order valence-electron chi connectivity index (χ4n) is 2.25. The zero-order valence-corrected chi connectivity index (χ0v) is 11.3. The van der Waals surface area contributed by atoms with Crippen molar-refractivity contribution in [2.45, 2.75) is 52.2 Å². The maximum atomic E-state index is 5.92. The van der Waals surface area contributed by atoms with Gasteiger partial charge >= 0.3 is 0 Å². The van der Waals surface area contributed by atoms with Crippen molar-refractivity contribution in [3.8, 4) is 0 Å². The Hall–Kier alpha value is -0.600. The van der Waals surface area contributed by atoms with Crippen LogP contribution in [0.2, 0.25) is 5.15 Å². The zero-order chi connectivity index (χ0) is 12.3. The Morgan fingerprint density at radius 3 is 2.65 bits per heavy atom. The third-order valence-corrected chi connectivity index (χ3v) is 3.78. The molecule has 1 aromatic rings. The first-order chi connectivity index (χ1) is 8.05. The summed E-state index contributed by atoms with van der Waals surface area (Å²) >= 11 is 5.74. The molecule has 0 aromatic carbocycles. The zero-order valence-electron chi connectivity index (χ0n) is 10.6. The van der Waals surface area contributed by atoms with Gasteiger partial charge in [-0.05, 0) is 42.7 Å². The van der Waals surface area contributed by atoms with Gasteiger partial charge in [-0.3, -0.25) is 0 Å². The molecule has 1 aliphatic rings. The van der Waals surface area contributed by atoms with Gasteiger partial charge in [0, 0.05) is 6.20 Å². The molecule has 0 unspecified atom stereocenters. The number of pyridine rings is 1. The smallest absolute Gasteiger partial charge is 0.129 e. The highest BCUT2D eigenvalue weighted by Gasteiger charge is 2.27. The molecular formula is C14H20ClNO. The molecule has 1 aliphatic carbocycles. The molecule has 0 atom stereocenters. The molecule has 0 N–H and O–H groups in total. The summed E-state index contributed by atoms with van der Waals surface area (Å²) in [5, 5.41) is 0.535. The molecule has 2 rings (SSSR count). The van der Waals surface area contributed by atoms with Crippen LogP contribution in [0.4, 0.5) is 0 Å². The van der Waals surface area contributed by atoms with E-state index in [9.17, 15) is 0 Å². The minimum atomic E-state index is 0.415. The summed E-state index contributed by atoms with van der Waals surface area (Å²) in [7, 11) is 0. The number of ether oxygens (including phenoxy) is 1. The van der Waals surface area contributed by atoms with E-state index in [1.54, 1.807) is 6.20 Å². The van der Waals surface area contributed by atoms with Crippen LogP contribution in [-0.2, 0) is 11.3 Å². The van der Waals surface area contributed by atoms with Crippen molar-refractivity contribution >= 4 is 11.6 Å². The highest BCUT2D eigenvalue weighted by atomic mass is 35.5. The molecule has 1 heterocycles. The van der Waals surface area contributed by atoms with Crippen molar-refractivity contribution in [3.63, 3.8) is 0 Å². The van der Waals surface area contributed by atoms with E-state index in [0.29, 0.717) is 23.3 Å². The third-order valence-electron chi connectivity index (χ3n) is 3.56. The van der Waals surface area contributed by atoms with Crippen LogP contribution in [0, 0.1) is 5.41 Å². The van der Waals surface area contributed by atoms with Crippen molar-refractivity contribution in [2.24, 2.45) is 5.41 Å². The van der Waals surface area contributed by atoms with Crippen molar-refractivity contribution in [1.82, 2.24) is 4.98 Å². The van der Waals surface area contributed by atoms with Crippen LogP contribution in [0.15, 0.2) is 18.3 Å². The molecule has 1 aromatic heterocycles. The first-order valence-corrected chi connectivity index (χ1v) is 6.65. The minimum Gasteiger partial charge on any atom is -0.373 e. The van der Waals surface area contributed by atoms with E-state index in [-0.39, 0.29) is 0 Å². The number of rotatable bonds is 3. The summed E-state index contributed by atoms with van der Waals surface area (Å²) in [5.41, 5.74) is 1.60. The quantitative estimate of drug-likeness (QED) is 0.753. The molecule has 1 saturated carbocycles. The van der Waals surface area contributed by atoms with E-state index in [1.165, 1.54) is 25.7 Å². The monoisotopic (exact) mass is 253 g/mol. The standard InChI is InChI=1S/C14H20ClNO/c1-14(2)7-5-12(6-8-14)17-10-11-3-4-13(15)16-9-11/h3-4,9,12H,5-8,10H2,1-2H3. The van der Waals surface area contributed by atoms with E-state index in [2.05, 4.69) is 18.8 Å². The molecule has 94 valence electrons. The summed E-state index contributed by atoms with van der Waals surface area (Å²) in [6.45, 7) is 5.33. The largest absolute Gasteiger partial charge is 0.373 e. The lowest BCUT2D eigenvalue weighted by atomic mass is 9.76. The highest BCUT2D eigenvalue weighted by Crippen LogP contribution is 2.36. The van der Waals surface area contributed by atoms with Crippen molar-refractivity contribution in [3.05, 3.63) is 29.0 Å². The molecule has 0 saturated heterocycles. The van der Waals surface area contributed by atoms with Gasteiger partial charge in [-0.2, -0.15) is 0 Å². The predicted molar refractivity (Wildman–Crippen MR) is 70.1 cm³/mol. The number of nitrogens with zero attached hydrogens (tertiary/aromatic N) is 1. The maximum absolute atomic E-state index is 5.92. The summed E-state index contributed by atoms with van der Waals surface area (Å²) in [6.07, 6.45) is 7.07. The molecule has 2 nitrogen and oxygen atoms in total. The van der Waals surface area contributed by atoms with E-state index < -0.39 is 0 Å². The van der Waals surface area contributed by atoms with Crippen LogP contribution >= 0.6 is 11.6 Å². The number of hydrogen-bond donors (Lipinski definition) is 0. The van der Waals surface area contributed by atoms with Crippen LogP contribution in [0.25, 0.3) is 0 Å². The van der Waals surface area contributed by atoms with E-state index in [4.69, 9.17) is 16.3 Å². The normalized spacial score (nSPS) is 20.4. The molecule has 1 fully saturated rings. The van der Waals surface area contributed by atoms with Gasteiger partial charge in [-0.1, -0.05) is 31.5 Å². The van der Waals surface area contributed by atoms with Crippen molar-refractivity contribution in [1.29, 1.82) is 0 Å². The fourth-order valence-corrected chi connectivity index (χ4v) is 2.36. The second-order valence-electron chi connectivity index (χ2n) is 5.66. The number of hydrogen-bond acceptors (Lipinski definition) is 2. The Morgan fingerprint density at radius 2 is 2.06 bits per heavy atom. The van der Waals surface area contributed by atoms with Gasteiger partial charge in [0.05, 0.1) is 12.7 Å². The fraction of sp³-hybridized carbons (Fsp3) is 0.643. The Bertz CT molecular complexity index is 351. The maximum Gasteiger partial charge on any atom is 0.129 e. The number of halogens is 1. The summed E-state index contributed by atoms with van der Waals surface area (Å²) < 4.78 is 5.92. The van der Waals surface area contributed by atoms with Crippen molar-refractivity contribution in [2.75, 3.05) is 0 Å². The molecular weight excluding hydrogens is 234 g/mol. The van der Waals surface area contributed by atoms with Crippen LogP contribution in [0.5, 0.6) is 0 Å². The van der Waals surface area contributed by atoms with Crippen LogP contribution < -0.4 is 0 Å². The van der Waals surface area contributed by atoms with Crippen molar-refractivity contribution < 1.29 is 4.74 Å². The first-order valence-electron chi connectivity index (χ1n) is 6.27. The first kappa shape index (κ1) is 12.8. The molecule has 0 amide bonds. The summed E-state index contributed by atoms with van der Waals surface area (Å²) in [4.78, 5) is 4.05. The molecule has 3 heteroatoms. The Morgan fingerprint density at radius 1 is 1.35 bits per heavy atom. The molecule has 0 aliphatic heterocycles. The molecule has 0 bridgehead atoms. The summed E-state index contributed by atoms with van der Waals surface area (Å²) in [6, 6.07) is 3.78. The van der Waals surface area contributed by atoms with Gasteiger partial charge in [0.15, 0.2) is 0 Å². The van der Waals surface area contributed by atoms with Gasteiger partial charge in [-0.25, -0.2) is 4.98 Å². The minimum absolute atomic E-state index is 0.415. The third kappa shape index (κ3) is 3.97. The van der Waals surface area contributed by atoms with Gasteiger partial charge in [0.2, 0.25) is 0 Å². The Kier molecular flexibility index (Phi) is 4.05. The lowest BCUT2D eigenvalue weighted by Crippen LogP contribution is -2.26. The lowest BCUT2D eigenvalue weighted by molar-refractivity contribution is -0.00568. The second-order valence-corrected chi connectivity index (χ2v) is 6.05. The molecule has 0 spiro atoms. The van der Waals surface area contributed by atoms with Gasteiger partial charge in [0.25, 0.3) is 0 Å². The highest BCUT2D eigenvalue weighted by molar-refractivity contribution is 6.29. The average Bonchev–Trinajstić information content (AvgIpc) is 2.30. The molecule has 0 radical (unpaired) electrons. The van der Waals surface area contributed by atoms with Gasteiger partial charge in [0.1, 0.15) is 5.15 Å². The molecule has 17 heavy (non-hydrogen) atoms. The van der Waals surface area contributed by atoms with Crippen LogP contribution in [0.3, 0.4) is 0 Å². The van der Waals surface area contributed by atoms with Gasteiger partial charge < -0.3 is 4.74 Å². The topological polar surface area (TPSA) is 22.1 Å². The summed E-state index contributed by atoms with van der Waals surface area (Å²) in [5.74, 6) is 0. The van der Waals surface area contributed by atoms with Gasteiger partial charge in [-0.15, -0.1) is 0 Å². The SMILES string of the molecule is CC1(C)CCC(OCc2ccc(Cl)nc2)CC1.